The van der Waals surface area contributed by atoms with Gasteiger partial charge in [0.1, 0.15) is 5.82 Å². The lowest BCUT2D eigenvalue weighted by molar-refractivity contribution is 0.462. The van der Waals surface area contributed by atoms with Crippen LogP contribution in [0.15, 0.2) is 53.9 Å². The minimum atomic E-state index is 0.652. The van der Waals surface area contributed by atoms with E-state index in [0.717, 1.165) is 41.7 Å². The zero-order chi connectivity index (χ0) is 19.1. The molecule has 1 aromatic carbocycles. The molecule has 2 aromatic heterocycles. The predicted molar refractivity (Wildman–Crippen MR) is 108 cm³/mol. The molecule has 0 aliphatic carbocycles. The molecule has 0 radical (unpaired) electrons. The summed E-state index contributed by atoms with van der Waals surface area (Å²) in [6, 6.07) is 10.2. The molecule has 2 N–H and O–H groups in total. The van der Waals surface area contributed by atoms with Gasteiger partial charge in [-0.3, -0.25) is 9.67 Å². The second-order valence-corrected chi connectivity index (χ2v) is 6.48. The van der Waals surface area contributed by atoms with Gasteiger partial charge in [-0.05, 0) is 25.0 Å². The van der Waals surface area contributed by atoms with Crippen molar-refractivity contribution in [1.82, 2.24) is 30.0 Å². The summed E-state index contributed by atoms with van der Waals surface area (Å²) in [5.74, 6) is 1.77. The van der Waals surface area contributed by atoms with Crippen molar-refractivity contribution in [2.75, 3.05) is 20.1 Å². The van der Waals surface area contributed by atoms with E-state index in [4.69, 9.17) is 4.99 Å². The minimum Gasteiger partial charge on any atom is -0.357 e. The fraction of sp³-hybridized carbons (Fsp3) is 0.350. The van der Waals surface area contributed by atoms with Crippen molar-refractivity contribution in [3.05, 3.63) is 60.3 Å². The standard InChI is InChI=1S/C20H27N7/c1-4-21-20(22-10-11-27-14-16(2)12-24-27)26(3)15-19-23-13-18(25-19)17-8-6-5-7-9-17/h5-9,12-14H,4,10-11,15H2,1-3H3,(H,21,22)(H,23,25). The first-order valence-electron chi connectivity index (χ1n) is 9.23. The Balaban J connectivity index is 1.61. The fourth-order valence-corrected chi connectivity index (χ4v) is 2.82. The van der Waals surface area contributed by atoms with Crippen LogP contribution in [0.25, 0.3) is 11.3 Å². The Bertz CT molecular complexity index is 863. The summed E-state index contributed by atoms with van der Waals surface area (Å²) in [7, 11) is 2.02. The Morgan fingerprint density at radius 1 is 1.26 bits per heavy atom. The highest BCUT2D eigenvalue weighted by molar-refractivity contribution is 5.79. The second kappa shape index (κ2) is 9.02. The molecule has 0 bridgehead atoms. The van der Waals surface area contributed by atoms with Gasteiger partial charge in [-0.1, -0.05) is 30.3 Å². The zero-order valence-corrected chi connectivity index (χ0v) is 16.2. The van der Waals surface area contributed by atoms with Crippen LogP contribution in [0.4, 0.5) is 0 Å². The molecular formula is C20H27N7. The smallest absolute Gasteiger partial charge is 0.194 e. The molecule has 27 heavy (non-hydrogen) atoms. The Labute approximate surface area is 160 Å². The third kappa shape index (κ3) is 5.20. The maximum absolute atomic E-state index is 4.71. The van der Waals surface area contributed by atoms with Crippen LogP contribution in [-0.4, -0.2) is 50.7 Å². The third-order valence-corrected chi connectivity index (χ3v) is 4.15. The van der Waals surface area contributed by atoms with Gasteiger partial charge in [0.05, 0.1) is 37.7 Å². The number of imidazole rings is 1. The summed E-state index contributed by atoms with van der Waals surface area (Å²) >= 11 is 0. The minimum absolute atomic E-state index is 0.652. The summed E-state index contributed by atoms with van der Waals surface area (Å²) in [5.41, 5.74) is 3.32. The predicted octanol–water partition coefficient (Wildman–Crippen LogP) is 2.68. The van der Waals surface area contributed by atoms with Crippen molar-refractivity contribution in [3.63, 3.8) is 0 Å². The monoisotopic (exact) mass is 365 g/mol. The van der Waals surface area contributed by atoms with E-state index in [2.05, 4.69) is 44.3 Å². The lowest BCUT2D eigenvalue weighted by Gasteiger charge is -2.21. The number of nitrogens with one attached hydrogen (secondary N) is 2. The molecule has 0 spiro atoms. The highest BCUT2D eigenvalue weighted by atomic mass is 15.3. The lowest BCUT2D eigenvalue weighted by atomic mass is 10.2. The number of aryl methyl sites for hydroxylation is 1. The molecule has 2 heterocycles. The van der Waals surface area contributed by atoms with Crippen LogP contribution < -0.4 is 5.32 Å². The molecule has 0 amide bonds. The van der Waals surface area contributed by atoms with E-state index >= 15 is 0 Å². The second-order valence-electron chi connectivity index (χ2n) is 6.48. The average molecular weight is 365 g/mol. The Morgan fingerprint density at radius 3 is 2.78 bits per heavy atom. The Morgan fingerprint density at radius 2 is 2.07 bits per heavy atom. The SMILES string of the molecule is CCNC(=NCCn1cc(C)cn1)N(C)Cc1ncc(-c2ccccc2)[nH]1. The highest BCUT2D eigenvalue weighted by Crippen LogP contribution is 2.16. The first-order valence-corrected chi connectivity index (χ1v) is 9.23. The van der Waals surface area contributed by atoms with Gasteiger partial charge in [0.25, 0.3) is 0 Å². The van der Waals surface area contributed by atoms with Crippen molar-refractivity contribution in [2.24, 2.45) is 4.99 Å². The normalized spacial score (nSPS) is 11.6. The van der Waals surface area contributed by atoms with Gasteiger partial charge in [0.15, 0.2) is 5.96 Å². The Kier molecular flexibility index (Phi) is 6.25. The quantitative estimate of drug-likeness (QED) is 0.499. The third-order valence-electron chi connectivity index (χ3n) is 4.15. The molecule has 0 aliphatic rings. The molecule has 0 atom stereocenters. The summed E-state index contributed by atoms with van der Waals surface area (Å²) in [4.78, 5) is 14.7. The van der Waals surface area contributed by atoms with Crippen LogP contribution in [-0.2, 0) is 13.1 Å². The topological polar surface area (TPSA) is 74.1 Å². The van der Waals surface area contributed by atoms with E-state index in [1.807, 2.05) is 55.4 Å². The van der Waals surface area contributed by atoms with Crippen LogP contribution in [0.3, 0.4) is 0 Å². The summed E-state index contributed by atoms with van der Waals surface area (Å²) < 4.78 is 1.92. The van der Waals surface area contributed by atoms with Crippen molar-refractivity contribution in [1.29, 1.82) is 0 Å². The number of aromatic amines is 1. The summed E-state index contributed by atoms with van der Waals surface area (Å²) in [6.07, 6.45) is 5.77. The fourth-order valence-electron chi connectivity index (χ4n) is 2.82. The van der Waals surface area contributed by atoms with E-state index in [1.165, 1.54) is 0 Å². The molecule has 3 aromatic rings. The van der Waals surface area contributed by atoms with Crippen LogP contribution in [0.5, 0.6) is 0 Å². The van der Waals surface area contributed by atoms with E-state index in [9.17, 15) is 0 Å². The van der Waals surface area contributed by atoms with Crippen LogP contribution in [0, 0.1) is 6.92 Å². The van der Waals surface area contributed by atoms with E-state index in [0.29, 0.717) is 13.1 Å². The molecule has 142 valence electrons. The summed E-state index contributed by atoms with van der Waals surface area (Å²) in [5, 5.41) is 7.64. The van der Waals surface area contributed by atoms with Crippen molar-refractivity contribution in [3.8, 4) is 11.3 Å². The Hall–Kier alpha value is -3.09. The van der Waals surface area contributed by atoms with Gasteiger partial charge in [-0.2, -0.15) is 5.10 Å². The van der Waals surface area contributed by atoms with E-state index in [1.54, 1.807) is 0 Å². The molecule has 0 fully saturated rings. The number of aromatic nitrogens is 4. The van der Waals surface area contributed by atoms with Crippen molar-refractivity contribution >= 4 is 5.96 Å². The van der Waals surface area contributed by atoms with Gasteiger partial charge in [-0.15, -0.1) is 0 Å². The van der Waals surface area contributed by atoms with Crippen LogP contribution in [0.2, 0.25) is 0 Å². The summed E-state index contributed by atoms with van der Waals surface area (Å²) in [6.45, 7) is 7.01. The van der Waals surface area contributed by atoms with Crippen LogP contribution >= 0.6 is 0 Å². The number of aliphatic imine (C=N–C) groups is 1. The highest BCUT2D eigenvalue weighted by Gasteiger charge is 2.10. The van der Waals surface area contributed by atoms with Gasteiger partial charge < -0.3 is 15.2 Å². The van der Waals surface area contributed by atoms with Gasteiger partial charge in [-0.25, -0.2) is 4.98 Å². The first-order chi connectivity index (χ1) is 13.2. The maximum atomic E-state index is 4.71. The molecule has 0 aliphatic heterocycles. The molecule has 0 unspecified atom stereocenters. The molecule has 0 saturated carbocycles. The van der Waals surface area contributed by atoms with Gasteiger partial charge in [0, 0.05) is 19.8 Å². The largest absolute Gasteiger partial charge is 0.357 e. The van der Waals surface area contributed by atoms with Gasteiger partial charge >= 0.3 is 0 Å². The number of guanidine groups is 1. The maximum Gasteiger partial charge on any atom is 0.194 e. The molecule has 0 saturated heterocycles. The molecule has 7 heteroatoms. The molecule has 7 nitrogen and oxygen atoms in total. The number of nitrogens with zero attached hydrogens (tertiary/aromatic N) is 5. The number of H-pyrrole nitrogens is 1. The first kappa shape index (κ1) is 18.7. The lowest BCUT2D eigenvalue weighted by Crippen LogP contribution is -2.39. The zero-order valence-electron chi connectivity index (χ0n) is 16.2. The molecule has 3 rings (SSSR count). The van der Waals surface area contributed by atoms with Crippen molar-refractivity contribution < 1.29 is 0 Å². The number of hydrogen-bond donors (Lipinski definition) is 2. The number of hydrogen-bond acceptors (Lipinski definition) is 3. The van der Waals surface area contributed by atoms with Gasteiger partial charge in [0.2, 0.25) is 0 Å². The molecular weight excluding hydrogens is 338 g/mol. The van der Waals surface area contributed by atoms with Crippen LogP contribution in [0.1, 0.15) is 18.3 Å². The van der Waals surface area contributed by atoms with E-state index < -0.39 is 0 Å². The number of benzene rings is 1. The van der Waals surface area contributed by atoms with E-state index in [-0.39, 0.29) is 0 Å². The number of rotatable bonds is 7. The average Bonchev–Trinajstić information content (AvgIpc) is 3.31. The van der Waals surface area contributed by atoms with Crippen molar-refractivity contribution in [2.45, 2.75) is 26.9 Å².